The third-order valence-electron chi connectivity index (χ3n) is 2.56. The van der Waals surface area contributed by atoms with E-state index in [0.29, 0.717) is 6.42 Å². The van der Waals surface area contributed by atoms with Crippen LogP contribution in [-0.2, 0) is 9.84 Å². The van der Waals surface area contributed by atoms with Crippen LogP contribution in [0.3, 0.4) is 0 Å². The second-order valence-electron chi connectivity index (χ2n) is 4.33. The third kappa shape index (κ3) is 5.37. The molecule has 1 unspecified atom stereocenters. The van der Waals surface area contributed by atoms with Gasteiger partial charge in [-0.3, -0.25) is 0 Å². The molecule has 0 spiro atoms. The van der Waals surface area contributed by atoms with E-state index in [1.54, 1.807) is 0 Å². The van der Waals surface area contributed by atoms with Crippen molar-refractivity contribution in [3.8, 4) is 0 Å². The van der Waals surface area contributed by atoms with Gasteiger partial charge in [0.15, 0.2) is 0 Å². The number of hydrogen-bond donors (Lipinski definition) is 1. The normalized spacial score (nSPS) is 13.8. The van der Waals surface area contributed by atoms with Gasteiger partial charge < -0.3 is 9.73 Å². The van der Waals surface area contributed by atoms with Gasteiger partial charge in [0.25, 0.3) is 0 Å². The SMILES string of the molecule is CCNC(CCCS(C)(=O)=O)c1ccc(C)o1. The second-order valence-corrected chi connectivity index (χ2v) is 6.59. The van der Waals surface area contributed by atoms with E-state index in [0.717, 1.165) is 24.5 Å². The Balaban J connectivity index is 2.55. The van der Waals surface area contributed by atoms with Crippen molar-refractivity contribution in [1.82, 2.24) is 5.32 Å². The van der Waals surface area contributed by atoms with Gasteiger partial charge in [0.05, 0.1) is 6.04 Å². The monoisotopic (exact) mass is 259 g/mol. The van der Waals surface area contributed by atoms with Crippen molar-refractivity contribution in [2.45, 2.75) is 32.7 Å². The summed E-state index contributed by atoms with van der Waals surface area (Å²) in [6.07, 6.45) is 2.69. The van der Waals surface area contributed by atoms with Crippen LogP contribution in [0.15, 0.2) is 16.5 Å². The first-order valence-electron chi connectivity index (χ1n) is 5.90. The van der Waals surface area contributed by atoms with Gasteiger partial charge in [0.1, 0.15) is 21.4 Å². The predicted octanol–water partition coefficient (Wildman–Crippen LogP) is 2.06. The highest BCUT2D eigenvalue weighted by Gasteiger charge is 2.14. The quantitative estimate of drug-likeness (QED) is 0.814. The van der Waals surface area contributed by atoms with Gasteiger partial charge in [0, 0.05) is 12.0 Å². The molecule has 1 atom stereocenters. The first-order valence-corrected chi connectivity index (χ1v) is 7.96. The van der Waals surface area contributed by atoms with Gasteiger partial charge in [-0.25, -0.2) is 8.42 Å². The molecule has 0 aliphatic carbocycles. The molecule has 4 nitrogen and oxygen atoms in total. The van der Waals surface area contributed by atoms with Crippen LogP contribution in [0.25, 0.3) is 0 Å². The first kappa shape index (κ1) is 14.3. The maximum absolute atomic E-state index is 11.1. The molecule has 0 amide bonds. The Hall–Kier alpha value is -0.810. The molecule has 0 bridgehead atoms. The Morgan fingerprint density at radius 1 is 1.41 bits per heavy atom. The average molecular weight is 259 g/mol. The number of sulfone groups is 1. The van der Waals surface area contributed by atoms with Gasteiger partial charge in [-0.2, -0.15) is 0 Å². The van der Waals surface area contributed by atoms with Crippen molar-refractivity contribution < 1.29 is 12.8 Å². The molecule has 1 aromatic heterocycles. The lowest BCUT2D eigenvalue weighted by atomic mass is 10.1. The lowest BCUT2D eigenvalue weighted by molar-refractivity contribution is 0.388. The molecule has 0 aliphatic rings. The van der Waals surface area contributed by atoms with Gasteiger partial charge in [-0.15, -0.1) is 0 Å². The fourth-order valence-corrected chi connectivity index (χ4v) is 2.47. The minimum absolute atomic E-state index is 0.107. The maximum atomic E-state index is 11.1. The highest BCUT2D eigenvalue weighted by molar-refractivity contribution is 7.90. The molecular formula is C12H21NO3S. The van der Waals surface area contributed by atoms with Crippen molar-refractivity contribution in [3.63, 3.8) is 0 Å². The Morgan fingerprint density at radius 2 is 2.12 bits per heavy atom. The summed E-state index contributed by atoms with van der Waals surface area (Å²) in [6, 6.07) is 3.98. The molecule has 1 heterocycles. The summed E-state index contributed by atoms with van der Waals surface area (Å²) in [4.78, 5) is 0. The third-order valence-corrected chi connectivity index (χ3v) is 3.59. The Labute approximate surface area is 103 Å². The lowest BCUT2D eigenvalue weighted by Gasteiger charge is -2.15. The second kappa shape index (κ2) is 6.21. The van der Waals surface area contributed by atoms with Crippen LogP contribution in [0.1, 0.15) is 37.3 Å². The van der Waals surface area contributed by atoms with Crippen LogP contribution in [0.5, 0.6) is 0 Å². The molecule has 1 rings (SSSR count). The Bertz CT molecular complexity index is 436. The van der Waals surface area contributed by atoms with Crippen molar-refractivity contribution in [2.75, 3.05) is 18.6 Å². The Kier molecular flexibility index (Phi) is 5.21. The largest absolute Gasteiger partial charge is 0.465 e. The van der Waals surface area contributed by atoms with E-state index in [-0.39, 0.29) is 11.8 Å². The van der Waals surface area contributed by atoms with E-state index in [1.165, 1.54) is 6.26 Å². The summed E-state index contributed by atoms with van der Waals surface area (Å²) < 4.78 is 27.7. The lowest BCUT2D eigenvalue weighted by Crippen LogP contribution is -2.21. The summed E-state index contributed by atoms with van der Waals surface area (Å²) in [5.41, 5.74) is 0. The van der Waals surface area contributed by atoms with Gasteiger partial charge in [-0.1, -0.05) is 6.92 Å². The van der Waals surface area contributed by atoms with Gasteiger partial charge in [0.2, 0.25) is 0 Å². The minimum atomic E-state index is -2.87. The van der Waals surface area contributed by atoms with E-state index in [4.69, 9.17) is 4.42 Å². The van der Waals surface area contributed by atoms with Crippen LogP contribution in [0, 0.1) is 6.92 Å². The minimum Gasteiger partial charge on any atom is -0.465 e. The summed E-state index contributed by atoms with van der Waals surface area (Å²) in [5, 5.41) is 3.31. The Morgan fingerprint density at radius 3 is 2.59 bits per heavy atom. The molecule has 0 saturated heterocycles. The van der Waals surface area contributed by atoms with Crippen molar-refractivity contribution >= 4 is 9.84 Å². The molecule has 98 valence electrons. The molecule has 17 heavy (non-hydrogen) atoms. The van der Waals surface area contributed by atoms with Crippen molar-refractivity contribution in [1.29, 1.82) is 0 Å². The standard InChI is InChI=1S/C12H21NO3S/c1-4-13-11(6-5-9-17(3,14)15)12-8-7-10(2)16-12/h7-8,11,13H,4-6,9H2,1-3H3. The van der Waals surface area contributed by atoms with Gasteiger partial charge in [-0.05, 0) is 38.4 Å². The molecule has 0 aromatic carbocycles. The average Bonchev–Trinajstić information content (AvgIpc) is 2.62. The predicted molar refractivity (Wildman–Crippen MR) is 68.8 cm³/mol. The number of hydrogen-bond acceptors (Lipinski definition) is 4. The van der Waals surface area contributed by atoms with E-state index < -0.39 is 9.84 Å². The zero-order chi connectivity index (χ0) is 12.9. The van der Waals surface area contributed by atoms with Crippen LogP contribution in [-0.4, -0.2) is 27.0 Å². The molecule has 1 aromatic rings. The number of furan rings is 1. The van der Waals surface area contributed by atoms with Crippen LogP contribution in [0.4, 0.5) is 0 Å². The van der Waals surface area contributed by atoms with E-state index in [9.17, 15) is 8.42 Å². The molecule has 1 N–H and O–H groups in total. The molecule has 0 radical (unpaired) electrons. The summed E-state index contributed by atoms with van der Waals surface area (Å²) in [6.45, 7) is 4.77. The number of rotatable bonds is 7. The zero-order valence-electron chi connectivity index (χ0n) is 10.7. The number of aryl methyl sites for hydroxylation is 1. The molecule has 0 fully saturated rings. The molecule has 5 heteroatoms. The van der Waals surface area contributed by atoms with Crippen molar-refractivity contribution in [2.24, 2.45) is 0 Å². The van der Waals surface area contributed by atoms with Crippen LogP contribution >= 0.6 is 0 Å². The topological polar surface area (TPSA) is 59.3 Å². The number of nitrogens with one attached hydrogen (secondary N) is 1. The fraction of sp³-hybridized carbons (Fsp3) is 0.667. The van der Waals surface area contributed by atoms with Crippen molar-refractivity contribution in [3.05, 3.63) is 23.7 Å². The molecule has 0 saturated carbocycles. The summed E-state index contributed by atoms with van der Waals surface area (Å²) in [5.74, 6) is 2.00. The van der Waals surface area contributed by atoms with Gasteiger partial charge >= 0.3 is 0 Å². The maximum Gasteiger partial charge on any atom is 0.147 e. The van der Waals surface area contributed by atoms with Crippen LogP contribution in [0.2, 0.25) is 0 Å². The highest BCUT2D eigenvalue weighted by Crippen LogP contribution is 2.21. The fourth-order valence-electron chi connectivity index (χ4n) is 1.78. The van der Waals surface area contributed by atoms with E-state index in [2.05, 4.69) is 5.32 Å². The molecular weight excluding hydrogens is 238 g/mol. The first-order chi connectivity index (χ1) is 7.92. The van der Waals surface area contributed by atoms with Crippen LogP contribution < -0.4 is 5.32 Å². The highest BCUT2D eigenvalue weighted by atomic mass is 32.2. The smallest absolute Gasteiger partial charge is 0.147 e. The van der Waals surface area contributed by atoms with E-state index >= 15 is 0 Å². The summed E-state index contributed by atoms with van der Waals surface area (Å²) in [7, 11) is -2.87. The molecule has 0 aliphatic heterocycles. The zero-order valence-corrected chi connectivity index (χ0v) is 11.5. The van der Waals surface area contributed by atoms with E-state index in [1.807, 2.05) is 26.0 Å². The summed E-state index contributed by atoms with van der Waals surface area (Å²) >= 11 is 0.